The van der Waals surface area contributed by atoms with Crippen molar-refractivity contribution in [1.82, 2.24) is 4.98 Å². The van der Waals surface area contributed by atoms with Gasteiger partial charge in [-0.15, -0.1) is 0 Å². The molecule has 1 aromatic heterocycles. The molecule has 142 valence electrons. The number of hydrogen-bond acceptors (Lipinski definition) is 4. The maximum atomic E-state index is 5.94. The smallest absolute Gasteiger partial charge is 0.164 e. The Morgan fingerprint density at radius 3 is 2.41 bits per heavy atom. The van der Waals surface area contributed by atoms with Crippen LogP contribution in [0.15, 0.2) is 96.2 Å². The lowest BCUT2D eigenvalue weighted by Gasteiger charge is -2.17. The van der Waals surface area contributed by atoms with Gasteiger partial charge in [0.2, 0.25) is 0 Å². The molecule has 29 heavy (non-hydrogen) atoms. The lowest BCUT2D eigenvalue weighted by atomic mass is 9.90. The van der Waals surface area contributed by atoms with Crippen LogP contribution >= 0.6 is 0 Å². The minimum absolute atomic E-state index is 0.0913. The standard InChI is InChI=1S/C25H20N2O2/c1-2-7-20(8-3-1)25-23(16-26-29-25)18-11-14-22(15-12-18)28-17-21-13-10-19-6-4-5-9-24(19)27-21/h1-16,23,25H,17H2. The van der Waals surface area contributed by atoms with Gasteiger partial charge in [-0.1, -0.05) is 71.9 Å². The van der Waals surface area contributed by atoms with E-state index in [9.17, 15) is 0 Å². The van der Waals surface area contributed by atoms with Crippen molar-refractivity contribution in [3.8, 4) is 5.75 Å². The zero-order valence-electron chi connectivity index (χ0n) is 15.8. The molecule has 0 N–H and O–H groups in total. The highest BCUT2D eigenvalue weighted by molar-refractivity contribution is 5.78. The lowest BCUT2D eigenvalue weighted by Crippen LogP contribution is -2.08. The first-order valence-corrected chi connectivity index (χ1v) is 9.68. The second kappa shape index (κ2) is 7.76. The molecule has 0 aliphatic carbocycles. The van der Waals surface area contributed by atoms with E-state index in [-0.39, 0.29) is 12.0 Å². The molecule has 1 aliphatic heterocycles. The molecule has 0 saturated heterocycles. The number of hydrogen-bond donors (Lipinski definition) is 0. The summed E-state index contributed by atoms with van der Waals surface area (Å²) in [6.07, 6.45) is 1.77. The van der Waals surface area contributed by atoms with Gasteiger partial charge < -0.3 is 9.57 Å². The predicted molar refractivity (Wildman–Crippen MR) is 114 cm³/mol. The predicted octanol–water partition coefficient (Wildman–Crippen LogP) is 5.65. The second-order valence-corrected chi connectivity index (χ2v) is 7.07. The minimum Gasteiger partial charge on any atom is -0.487 e. The molecular formula is C25H20N2O2. The summed E-state index contributed by atoms with van der Waals surface area (Å²) in [5, 5.41) is 5.19. The van der Waals surface area contributed by atoms with Crippen LogP contribution in [0.2, 0.25) is 0 Å². The molecule has 5 rings (SSSR count). The van der Waals surface area contributed by atoms with Gasteiger partial charge in [0.15, 0.2) is 6.10 Å². The van der Waals surface area contributed by atoms with Gasteiger partial charge in [0.1, 0.15) is 12.4 Å². The highest BCUT2D eigenvalue weighted by Gasteiger charge is 2.29. The summed E-state index contributed by atoms with van der Waals surface area (Å²) in [4.78, 5) is 10.3. The van der Waals surface area contributed by atoms with Crippen LogP contribution in [-0.2, 0) is 11.4 Å². The Labute approximate surface area is 169 Å². The summed E-state index contributed by atoms with van der Waals surface area (Å²) in [5.41, 5.74) is 4.17. The van der Waals surface area contributed by atoms with Gasteiger partial charge in [-0.2, -0.15) is 0 Å². The third-order valence-electron chi connectivity index (χ3n) is 5.16. The van der Waals surface area contributed by atoms with Crippen molar-refractivity contribution in [1.29, 1.82) is 0 Å². The van der Waals surface area contributed by atoms with Crippen LogP contribution in [-0.4, -0.2) is 11.2 Å². The number of benzene rings is 3. The van der Waals surface area contributed by atoms with E-state index in [4.69, 9.17) is 9.57 Å². The van der Waals surface area contributed by atoms with E-state index < -0.39 is 0 Å². The van der Waals surface area contributed by atoms with Crippen molar-refractivity contribution in [2.24, 2.45) is 5.16 Å². The van der Waals surface area contributed by atoms with Crippen molar-refractivity contribution < 1.29 is 9.57 Å². The van der Waals surface area contributed by atoms with Gasteiger partial charge >= 0.3 is 0 Å². The van der Waals surface area contributed by atoms with E-state index in [1.807, 2.05) is 60.8 Å². The molecule has 1 aliphatic rings. The Morgan fingerprint density at radius 1 is 0.759 bits per heavy atom. The van der Waals surface area contributed by atoms with E-state index in [2.05, 4.69) is 46.5 Å². The van der Waals surface area contributed by atoms with E-state index >= 15 is 0 Å². The Morgan fingerprint density at radius 2 is 1.55 bits per heavy atom. The van der Waals surface area contributed by atoms with Crippen LogP contribution < -0.4 is 4.74 Å². The molecule has 0 saturated carbocycles. The van der Waals surface area contributed by atoms with E-state index in [1.54, 1.807) is 0 Å². The monoisotopic (exact) mass is 380 g/mol. The average molecular weight is 380 g/mol. The van der Waals surface area contributed by atoms with E-state index in [0.29, 0.717) is 6.61 Å². The number of ether oxygens (including phenoxy) is 1. The topological polar surface area (TPSA) is 43.7 Å². The molecule has 2 unspecified atom stereocenters. The number of para-hydroxylation sites is 1. The first-order valence-electron chi connectivity index (χ1n) is 9.68. The van der Waals surface area contributed by atoms with Gasteiger partial charge in [-0.05, 0) is 35.4 Å². The van der Waals surface area contributed by atoms with Gasteiger partial charge in [-0.3, -0.25) is 0 Å². The third-order valence-corrected chi connectivity index (χ3v) is 5.16. The third kappa shape index (κ3) is 3.69. The Hall–Kier alpha value is -3.66. The summed E-state index contributed by atoms with van der Waals surface area (Å²) in [5.74, 6) is 0.907. The molecular weight excluding hydrogens is 360 g/mol. The number of aromatic nitrogens is 1. The molecule has 0 bridgehead atoms. The van der Waals surface area contributed by atoms with Crippen LogP contribution in [0, 0.1) is 0 Å². The normalized spacial score (nSPS) is 17.9. The van der Waals surface area contributed by atoms with E-state index in [1.165, 1.54) is 0 Å². The number of oxime groups is 1. The second-order valence-electron chi connectivity index (χ2n) is 7.07. The van der Waals surface area contributed by atoms with Crippen molar-refractivity contribution in [2.45, 2.75) is 18.6 Å². The fourth-order valence-electron chi connectivity index (χ4n) is 3.61. The molecule has 3 aromatic carbocycles. The maximum Gasteiger partial charge on any atom is 0.164 e. The van der Waals surface area contributed by atoms with Crippen molar-refractivity contribution >= 4 is 17.1 Å². The van der Waals surface area contributed by atoms with Crippen LogP contribution in [0.5, 0.6) is 5.75 Å². The van der Waals surface area contributed by atoms with Gasteiger partial charge in [0, 0.05) is 5.39 Å². The fraction of sp³-hybridized carbons (Fsp3) is 0.120. The van der Waals surface area contributed by atoms with Crippen LogP contribution in [0.3, 0.4) is 0 Å². The van der Waals surface area contributed by atoms with Gasteiger partial charge in [0.05, 0.1) is 23.3 Å². The summed E-state index contributed by atoms with van der Waals surface area (Å²) in [6, 6.07) is 30.5. The quantitative estimate of drug-likeness (QED) is 0.449. The first kappa shape index (κ1) is 17.4. The highest BCUT2D eigenvalue weighted by Crippen LogP contribution is 2.37. The van der Waals surface area contributed by atoms with Gasteiger partial charge in [0.25, 0.3) is 0 Å². The Kier molecular flexibility index (Phi) is 4.67. The SMILES string of the molecule is C1=NOC(c2ccccc2)C1c1ccc(OCc2ccc3ccccc3n2)cc1. The molecule has 0 amide bonds. The minimum atomic E-state index is -0.0928. The average Bonchev–Trinajstić information content (AvgIpc) is 3.28. The van der Waals surface area contributed by atoms with E-state index in [0.717, 1.165) is 33.5 Å². The zero-order valence-corrected chi connectivity index (χ0v) is 15.8. The lowest BCUT2D eigenvalue weighted by molar-refractivity contribution is 0.0763. The van der Waals surface area contributed by atoms with Crippen LogP contribution in [0.4, 0.5) is 0 Å². The molecule has 4 heteroatoms. The fourth-order valence-corrected chi connectivity index (χ4v) is 3.61. The summed E-state index contributed by atoms with van der Waals surface area (Å²) >= 11 is 0. The number of pyridine rings is 1. The van der Waals surface area contributed by atoms with Crippen molar-refractivity contribution in [3.63, 3.8) is 0 Å². The molecule has 4 aromatic rings. The molecule has 4 nitrogen and oxygen atoms in total. The zero-order chi connectivity index (χ0) is 19.5. The van der Waals surface area contributed by atoms with Crippen LogP contribution in [0.1, 0.15) is 28.8 Å². The highest BCUT2D eigenvalue weighted by atomic mass is 16.6. The molecule has 0 fully saturated rings. The first-order chi connectivity index (χ1) is 14.4. The number of rotatable bonds is 5. The molecule has 2 heterocycles. The Bertz CT molecular complexity index is 1140. The van der Waals surface area contributed by atoms with Gasteiger partial charge in [-0.25, -0.2) is 4.98 Å². The number of fused-ring (bicyclic) bond motifs is 1. The number of nitrogens with zero attached hydrogens (tertiary/aromatic N) is 2. The maximum absolute atomic E-state index is 5.94. The summed E-state index contributed by atoms with van der Waals surface area (Å²) in [6.45, 7) is 0.435. The largest absolute Gasteiger partial charge is 0.487 e. The molecule has 0 radical (unpaired) electrons. The Balaban J connectivity index is 1.28. The summed E-state index contributed by atoms with van der Waals surface area (Å²) in [7, 11) is 0. The summed E-state index contributed by atoms with van der Waals surface area (Å²) < 4.78 is 5.94. The van der Waals surface area contributed by atoms with Crippen LogP contribution in [0.25, 0.3) is 10.9 Å². The van der Waals surface area contributed by atoms with Crippen molar-refractivity contribution in [3.05, 3.63) is 108 Å². The molecule has 0 spiro atoms. The molecule has 2 atom stereocenters. The van der Waals surface area contributed by atoms with Crippen molar-refractivity contribution in [2.75, 3.05) is 0 Å².